The second-order valence-electron chi connectivity index (χ2n) is 5.24. The van der Waals surface area contributed by atoms with Gasteiger partial charge in [-0.15, -0.1) is 0 Å². The van der Waals surface area contributed by atoms with Crippen LogP contribution in [0.2, 0.25) is 0 Å². The second-order valence-corrected chi connectivity index (χ2v) is 6.11. The lowest BCUT2D eigenvalue weighted by molar-refractivity contribution is 0.0682. The molecular weight excluding hydrogens is 276 g/mol. The van der Waals surface area contributed by atoms with Crippen LogP contribution in [0.3, 0.4) is 0 Å². The molecule has 5 nitrogen and oxygen atoms in total. The SMILES string of the molecule is CSCC(CO)(CO)CCC1=CCc2c1nc[nH]c2=O. The molecule has 110 valence electrons. The molecule has 1 heterocycles. The van der Waals surface area contributed by atoms with Gasteiger partial charge in [0.25, 0.3) is 5.56 Å². The molecule has 1 aliphatic carbocycles. The number of H-pyrrole nitrogens is 1. The molecule has 0 atom stereocenters. The maximum Gasteiger partial charge on any atom is 0.254 e. The van der Waals surface area contributed by atoms with E-state index in [0.29, 0.717) is 30.6 Å². The number of aliphatic hydroxyl groups is 2. The molecule has 1 aliphatic rings. The lowest BCUT2D eigenvalue weighted by Crippen LogP contribution is -2.32. The fraction of sp³-hybridized carbons (Fsp3) is 0.571. The summed E-state index contributed by atoms with van der Waals surface area (Å²) in [5.41, 5.74) is 1.97. The van der Waals surface area contributed by atoms with Crippen LogP contribution in [0, 0.1) is 5.41 Å². The first-order valence-electron chi connectivity index (χ1n) is 6.62. The largest absolute Gasteiger partial charge is 0.396 e. The van der Waals surface area contributed by atoms with Crippen molar-refractivity contribution in [3.8, 4) is 0 Å². The Labute approximate surface area is 122 Å². The highest BCUT2D eigenvalue weighted by atomic mass is 32.2. The summed E-state index contributed by atoms with van der Waals surface area (Å²) in [5.74, 6) is 0.711. The van der Waals surface area contributed by atoms with Crippen LogP contribution in [0.1, 0.15) is 24.1 Å². The van der Waals surface area contributed by atoms with E-state index in [1.54, 1.807) is 11.8 Å². The molecule has 1 aromatic heterocycles. The number of nitrogens with zero attached hydrogens (tertiary/aromatic N) is 1. The summed E-state index contributed by atoms with van der Waals surface area (Å²) in [7, 11) is 0. The van der Waals surface area contributed by atoms with Crippen LogP contribution in [-0.4, -0.2) is 45.4 Å². The average Bonchev–Trinajstić information content (AvgIpc) is 2.88. The van der Waals surface area contributed by atoms with Crippen molar-refractivity contribution < 1.29 is 10.2 Å². The molecule has 2 rings (SSSR count). The van der Waals surface area contributed by atoms with Gasteiger partial charge < -0.3 is 15.2 Å². The summed E-state index contributed by atoms with van der Waals surface area (Å²) in [6.07, 6.45) is 7.41. The zero-order valence-electron chi connectivity index (χ0n) is 11.6. The smallest absolute Gasteiger partial charge is 0.254 e. The van der Waals surface area contributed by atoms with Gasteiger partial charge in [0.1, 0.15) is 0 Å². The Morgan fingerprint density at radius 1 is 1.45 bits per heavy atom. The van der Waals surface area contributed by atoms with Gasteiger partial charge in [-0.05, 0) is 31.1 Å². The predicted octanol–water partition coefficient (Wildman–Crippen LogP) is 0.824. The Bertz CT molecular complexity index is 550. The van der Waals surface area contributed by atoms with Crippen LogP contribution < -0.4 is 5.56 Å². The Morgan fingerprint density at radius 2 is 2.20 bits per heavy atom. The standard InChI is InChI=1S/C14H20N2O3S/c1-20-8-14(6-17,7-18)5-4-10-2-3-11-12(10)15-9-16-13(11)19/h2,9,17-18H,3-8H2,1H3,(H,15,16,19). The van der Waals surface area contributed by atoms with Crippen molar-refractivity contribution in [3.63, 3.8) is 0 Å². The van der Waals surface area contributed by atoms with Crippen LogP contribution in [0.25, 0.3) is 5.57 Å². The molecule has 0 radical (unpaired) electrons. The maximum absolute atomic E-state index is 11.7. The van der Waals surface area contributed by atoms with E-state index < -0.39 is 5.41 Å². The summed E-state index contributed by atoms with van der Waals surface area (Å²) in [6, 6.07) is 0. The van der Waals surface area contributed by atoms with Crippen molar-refractivity contribution in [3.05, 3.63) is 34.0 Å². The van der Waals surface area contributed by atoms with Crippen LogP contribution in [-0.2, 0) is 6.42 Å². The molecule has 0 unspecified atom stereocenters. The number of rotatable bonds is 7. The third kappa shape index (κ3) is 2.97. The molecule has 0 amide bonds. The van der Waals surface area contributed by atoms with Crippen molar-refractivity contribution in [2.75, 3.05) is 25.2 Å². The van der Waals surface area contributed by atoms with E-state index >= 15 is 0 Å². The number of aromatic amines is 1. The molecule has 20 heavy (non-hydrogen) atoms. The number of thioether (sulfide) groups is 1. The van der Waals surface area contributed by atoms with Crippen molar-refractivity contribution in [2.45, 2.75) is 19.3 Å². The summed E-state index contributed by atoms with van der Waals surface area (Å²) < 4.78 is 0. The van der Waals surface area contributed by atoms with Crippen molar-refractivity contribution in [1.29, 1.82) is 0 Å². The molecule has 0 aliphatic heterocycles. The van der Waals surface area contributed by atoms with Crippen LogP contribution >= 0.6 is 11.8 Å². The minimum absolute atomic E-state index is 0.0344. The molecule has 0 fully saturated rings. The number of hydrogen-bond acceptors (Lipinski definition) is 5. The minimum Gasteiger partial charge on any atom is -0.396 e. The van der Waals surface area contributed by atoms with E-state index in [9.17, 15) is 15.0 Å². The monoisotopic (exact) mass is 296 g/mol. The zero-order valence-corrected chi connectivity index (χ0v) is 12.4. The first kappa shape index (κ1) is 15.3. The predicted molar refractivity (Wildman–Crippen MR) is 80.8 cm³/mol. The van der Waals surface area contributed by atoms with Crippen molar-refractivity contribution >= 4 is 17.3 Å². The number of fused-ring (bicyclic) bond motifs is 1. The molecule has 1 aromatic rings. The van der Waals surface area contributed by atoms with E-state index in [0.717, 1.165) is 11.3 Å². The highest BCUT2D eigenvalue weighted by molar-refractivity contribution is 7.98. The summed E-state index contributed by atoms with van der Waals surface area (Å²) in [5, 5.41) is 19.1. The van der Waals surface area contributed by atoms with Gasteiger partial charge in [0.05, 0.1) is 25.2 Å². The van der Waals surface area contributed by atoms with E-state index in [4.69, 9.17) is 0 Å². The van der Waals surface area contributed by atoms with Gasteiger partial charge in [0.15, 0.2) is 0 Å². The third-order valence-corrected chi connectivity index (χ3v) is 4.75. The Balaban J connectivity index is 2.10. The van der Waals surface area contributed by atoms with Gasteiger partial charge in [-0.1, -0.05) is 6.08 Å². The fourth-order valence-corrected chi connectivity index (χ4v) is 3.45. The molecule has 3 N–H and O–H groups in total. The number of nitrogens with one attached hydrogen (secondary N) is 1. The normalized spacial score (nSPS) is 14.2. The summed E-state index contributed by atoms with van der Waals surface area (Å²) in [6.45, 7) is -0.0689. The second kappa shape index (κ2) is 6.56. The van der Waals surface area contributed by atoms with Crippen molar-refractivity contribution in [1.82, 2.24) is 9.97 Å². The summed E-state index contributed by atoms with van der Waals surface area (Å²) in [4.78, 5) is 18.5. The lowest BCUT2D eigenvalue weighted by Gasteiger charge is -2.29. The molecule has 0 saturated carbocycles. The molecule has 0 spiro atoms. The van der Waals surface area contributed by atoms with E-state index in [2.05, 4.69) is 9.97 Å². The molecule has 0 bridgehead atoms. The van der Waals surface area contributed by atoms with Gasteiger partial charge in [-0.3, -0.25) is 4.79 Å². The van der Waals surface area contributed by atoms with E-state index in [1.807, 2.05) is 12.3 Å². The Kier molecular flexibility index (Phi) is 5.01. The Hall–Kier alpha value is -1.11. The summed E-state index contributed by atoms with van der Waals surface area (Å²) >= 11 is 1.62. The third-order valence-electron chi connectivity index (χ3n) is 3.85. The molecule has 0 aromatic carbocycles. The highest BCUT2D eigenvalue weighted by Gasteiger charge is 2.29. The van der Waals surface area contributed by atoms with Crippen molar-refractivity contribution in [2.24, 2.45) is 5.41 Å². The van der Waals surface area contributed by atoms with Gasteiger partial charge in [-0.25, -0.2) is 4.98 Å². The van der Waals surface area contributed by atoms with E-state index in [-0.39, 0.29) is 18.8 Å². The quantitative estimate of drug-likeness (QED) is 0.693. The maximum atomic E-state index is 11.7. The van der Waals surface area contributed by atoms with Crippen LogP contribution in [0.4, 0.5) is 0 Å². The van der Waals surface area contributed by atoms with E-state index in [1.165, 1.54) is 6.33 Å². The van der Waals surface area contributed by atoms with Gasteiger partial charge >= 0.3 is 0 Å². The Morgan fingerprint density at radius 3 is 2.85 bits per heavy atom. The number of allylic oxidation sites excluding steroid dienone is 2. The van der Waals surface area contributed by atoms with Gasteiger partial charge in [0.2, 0.25) is 0 Å². The fourth-order valence-electron chi connectivity index (χ4n) is 2.51. The average molecular weight is 296 g/mol. The number of aromatic nitrogens is 2. The topological polar surface area (TPSA) is 86.2 Å². The first-order valence-corrected chi connectivity index (χ1v) is 8.02. The first-order chi connectivity index (χ1) is 9.65. The van der Waals surface area contributed by atoms with Crippen LogP contribution in [0.5, 0.6) is 0 Å². The van der Waals surface area contributed by atoms with Gasteiger partial charge in [-0.2, -0.15) is 11.8 Å². The molecule has 0 saturated heterocycles. The zero-order chi connectivity index (χ0) is 14.6. The molecular formula is C14H20N2O3S. The van der Waals surface area contributed by atoms with Crippen LogP contribution in [0.15, 0.2) is 17.2 Å². The lowest BCUT2D eigenvalue weighted by atomic mass is 9.85. The number of hydrogen-bond donors (Lipinski definition) is 3. The van der Waals surface area contributed by atoms with Gasteiger partial charge in [0, 0.05) is 16.7 Å². The number of aliphatic hydroxyl groups excluding tert-OH is 2. The minimum atomic E-state index is -0.468. The molecule has 6 heteroatoms. The highest BCUT2D eigenvalue weighted by Crippen LogP contribution is 2.33.